The van der Waals surface area contributed by atoms with Gasteiger partial charge in [-0.05, 0) is 36.4 Å². The fraction of sp³-hybridized carbons (Fsp3) is 0.0625. The Morgan fingerprint density at radius 2 is 1.96 bits per heavy atom. The number of aromatic hydroxyl groups is 1. The molecule has 1 aromatic heterocycles. The fourth-order valence-electron chi connectivity index (χ4n) is 2.32. The van der Waals surface area contributed by atoms with Crippen LogP contribution in [0.2, 0.25) is 0 Å². The predicted octanol–water partition coefficient (Wildman–Crippen LogP) is 1.16. The number of hydrogen-bond donors (Lipinski definition) is 5. The van der Waals surface area contributed by atoms with Crippen LogP contribution in [-0.4, -0.2) is 34.1 Å². The maximum absolute atomic E-state index is 9.69. The first-order valence-corrected chi connectivity index (χ1v) is 7.27. The van der Waals surface area contributed by atoms with E-state index in [-0.39, 0.29) is 17.7 Å². The minimum Gasteiger partial charge on any atom is -0.504 e. The van der Waals surface area contributed by atoms with Gasteiger partial charge in [0.25, 0.3) is 0 Å². The van der Waals surface area contributed by atoms with Crippen molar-refractivity contribution in [2.24, 2.45) is 27.2 Å². The number of methoxy groups -OCH3 is 1. The Hall–Kier alpha value is -3.75. The molecule has 0 amide bonds. The summed E-state index contributed by atoms with van der Waals surface area (Å²) in [6, 6.07) is 10.3. The third kappa shape index (κ3) is 3.44. The second-order valence-corrected chi connectivity index (χ2v) is 5.18. The van der Waals surface area contributed by atoms with Crippen LogP contribution in [0.25, 0.3) is 22.4 Å². The van der Waals surface area contributed by atoms with E-state index in [1.165, 1.54) is 7.11 Å². The smallest absolute Gasteiger partial charge is 0.223 e. The number of nitrogens with zero attached hydrogens (tertiary/aromatic N) is 3. The van der Waals surface area contributed by atoms with E-state index < -0.39 is 0 Å². The fourth-order valence-corrected chi connectivity index (χ4v) is 2.32. The van der Waals surface area contributed by atoms with Crippen molar-refractivity contribution in [2.75, 3.05) is 7.11 Å². The Bertz CT molecular complexity index is 987. The molecule has 0 saturated carbocycles. The van der Waals surface area contributed by atoms with E-state index in [0.717, 1.165) is 16.6 Å². The molecule has 9 nitrogen and oxygen atoms in total. The maximum Gasteiger partial charge on any atom is 0.223 e. The van der Waals surface area contributed by atoms with Crippen LogP contribution in [0, 0.1) is 0 Å². The van der Waals surface area contributed by atoms with Crippen molar-refractivity contribution < 1.29 is 9.84 Å². The molecule has 0 fully saturated rings. The zero-order chi connectivity index (χ0) is 18.0. The van der Waals surface area contributed by atoms with Crippen LogP contribution < -0.4 is 21.9 Å². The summed E-state index contributed by atoms with van der Waals surface area (Å²) in [5.41, 5.74) is 19.0. The van der Waals surface area contributed by atoms with Crippen LogP contribution in [-0.2, 0) is 0 Å². The Morgan fingerprint density at radius 3 is 2.68 bits per heavy atom. The lowest BCUT2D eigenvalue weighted by Crippen LogP contribution is -2.26. The summed E-state index contributed by atoms with van der Waals surface area (Å²) < 4.78 is 5.12. The number of ether oxygens (including phenoxy) is 1. The number of nitrogens with one attached hydrogen (secondary N) is 1. The van der Waals surface area contributed by atoms with Crippen LogP contribution in [0.4, 0.5) is 5.69 Å². The van der Waals surface area contributed by atoms with Crippen LogP contribution in [0.1, 0.15) is 0 Å². The lowest BCUT2D eigenvalue weighted by Gasteiger charge is -2.04. The van der Waals surface area contributed by atoms with E-state index in [1.807, 2.05) is 0 Å². The van der Waals surface area contributed by atoms with Gasteiger partial charge >= 0.3 is 0 Å². The van der Waals surface area contributed by atoms with Gasteiger partial charge in [0, 0.05) is 5.56 Å². The summed E-state index contributed by atoms with van der Waals surface area (Å²) in [6.07, 6.45) is 0. The van der Waals surface area contributed by atoms with E-state index in [1.54, 1.807) is 36.4 Å². The number of hydrogen-bond acceptors (Lipinski definition) is 4. The molecule has 0 aliphatic carbocycles. The molecule has 0 aliphatic rings. The minimum atomic E-state index is -0.160. The molecule has 1 heterocycles. The molecule has 0 atom stereocenters. The van der Waals surface area contributed by atoms with Crippen molar-refractivity contribution in [1.82, 2.24) is 9.97 Å². The van der Waals surface area contributed by atoms with Crippen molar-refractivity contribution in [3.05, 3.63) is 36.4 Å². The summed E-state index contributed by atoms with van der Waals surface area (Å²) in [5, 5.41) is 9.69. The van der Waals surface area contributed by atoms with Crippen molar-refractivity contribution >= 4 is 28.6 Å². The zero-order valence-electron chi connectivity index (χ0n) is 13.4. The first-order chi connectivity index (χ1) is 12.0. The summed E-state index contributed by atoms with van der Waals surface area (Å²) in [5.74, 6) is 0.865. The molecular weight excluding hydrogens is 322 g/mol. The van der Waals surface area contributed by atoms with E-state index in [9.17, 15) is 5.11 Å². The first-order valence-electron chi connectivity index (χ1n) is 7.27. The van der Waals surface area contributed by atoms with Crippen LogP contribution in [0.15, 0.2) is 46.4 Å². The van der Waals surface area contributed by atoms with Gasteiger partial charge in [-0.1, -0.05) is 0 Å². The highest BCUT2D eigenvalue weighted by atomic mass is 16.5. The van der Waals surface area contributed by atoms with Crippen molar-refractivity contribution in [3.63, 3.8) is 0 Å². The molecule has 8 N–H and O–H groups in total. The van der Waals surface area contributed by atoms with Gasteiger partial charge < -0.3 is 32.0 Å². The lowest BCUT2D eigenvalue weighted by atomic mass is 10.2. The normalized spacial score (nSPS) is 11.5. The predicted molar refractivity (Wildman–Crippen MR) is 96.8 cm³/mol. The molecule has 25 heavy (non-hydrogen) atoms. The quantitative estimate of drug-likeness (QED) is 0.355. The van der Waals surface area contributed by atoms with Gasteiger partial charge in [0.1, 0.15) is 5.82 Å². The van der Waals surface area contributed by atoms with E-state index in [2.05, 4.69) is 20.0 Å². The molecule has 3 aromatic rings. The Morgan fingerprint density at radius 1 is 1.16 bits per heavy atom. The maximum atomic E-state index is 9.69. The van der Waals surface area contributed by atoms with Crippen LogP contribution in [0.3, 0.4) is 0 Å². The number of aromatic nitrogens is 2. The summed E-state index contributed by atoms with van der Waals surface area (Å²) >= 11 is 0. The number of imidazole rings is 1. The standard InChI is InChI=1S/C16H17N7O2/c1-25-13-6-8(2-5-12(13)24)14-21-10-4-3-9(7-11(10)22-14)20-16(19)23-15(17)18/h2-7,24H,1H3,(H,21,22)(H6,17,18,19,20,23). The average Bonchev–Trinajstić information content (AvgIpc) is 2.97. The molecule has 9 heteroatoms. The van der Waals surface area contributed by atoms with Crippen molar-refractivity contribution in [3.8, 4) is 22.9 Å². The largest absolute Gasteiger partial charge is 0.504 e. The summed E-state index contributed by atoms with van der Waals surface area (Å²) in [7, 11) is 1.49. The van der Waals surface area contributed by atoms with Crippen molar-refractivity contribution in [2.45, 2.75) is 0 Å². The van der Waals surface area contributed by atoms with E-state index in [0.29, 0.717) is 17.3 Å². The molecule has 0 unspecified atom stereocenters. The van der Waals surface area contributed by atoms with Crippen LogP contribution >= 0.6 is 0 Å². The van der Waals surface area contributed by atoms with Gasteiger partial charge in [0.05, 0.1) is 23.8 Å². The van der Waals surface area contributed by atoms with Gasteiger partial charge in [-0.25, -0.2) is 9.98 Å². The zero-order valence-corrected chi connectivity index (χ0v) is 13.4. The highest BCUT2D eigenvalue weighted by Crippen LogP contribution is 2.31. The molecular formula is C16H17N7O2. The van der Waals surface area contributed by atoms with Crippen LogP contribution in [0.5, 0.6) is 11.5 Å². The third-order valence-corrected chi connectivity index (χ3v) is 3.41. The number of H-pyrrole nitrogens is 1. The third-order valence-electron chi connectivity index (χ3n) is 3.41. The number of rotatable bonds is 3. The number of fused-ring (bicyclic) bond motifs is 1. The average molecular weight is 339 g/mol. The Balaban J connectivity index is 1.99. The molecule has 3 rings (SSSR count). The van der Waals surface area contributed by atoms with Gasteiger partial charge in [0.15, 0.2) is 17.5 Å². The van der Waals surface area contributed by atoms with E-state index in [4.69, 9.17) is 21.9 Å². The molecule has 2 aromatic carbocycles. The second kappa shape index (κ2) is 6.40. The number of benzene rings is 2. The van der Waals surface area contributed by atoms with Gasteiger partial charge in [-0.2, -0.15) is 4.99 Å². The van der Waals surface area contributed by atoms with Crippen molar-refractivity contribution in [1.29, 1.82) is 0 Å². The number of phenolic OH excluding ortho intramolecular Hbond substituents is 1. The van der Waals surface area contributed by atoms with Gasteiger partial charge in [-0.15, -0.1) is 0 Å². The topological polar surface area (TPSA) is 161 Å². The highest BCUT2D eigenvalue weighted by molar-refractivity contribution is 5.94. The molecule has 0 saturated heterocycles. The molecule has 0 bridgehead atoms. The second-order valence-electron chi connectivity index (χ2n) is 5.18. The van der Waals surface area contributed by atoms with Gasteiger partial charge in [0.2, 0.25) is 5.96 Å². The number of guanidine groups is 2. The number of nitrogens with two attached hydrogens (primary N) is 3. The molecule has 128 valence electrons. The highest BCUT2D eigenvalue weighted by Gasteiger charge is 2.09. The molecule has 0 spiro atoms. The molecule has 0 radical (unpaired) electrons. The minimum absolute atomic E-state index is 0.0395. The Kier molecular flexibility index (Phi) is 4.12. The summed E-state index contributed by atoms with van der Waals surface area (Å²) in [6.45, 7) is 0. The number of aromatic amines is 1. The first kappa shape index (κ1) is 16.1. The monoisotopic (exact) mass is 339 g/mol. The number of phenols is 1. The molecule has 0 aliphatic heterocycles. The number of aliphatic imine (C=N–C) groups is 2. The summed E-state index contributed by atoms with van der Waals surface area (Å²) in [4.78, 5) is 15.5. The lowest BCUT2D eigenvalue weighted by molar-refractivity contribution is 0.373. The van der Waals surface area contributed by atoms with E-state index >= 15 is 0 Å². The SMILES string of the molecule is COc1cc(-c2nc3ccc(N=C(N)N=C(N)N)cc3[nH]2)ccc1O. The van der Waals surface area contributed by atoms with Gasteiger partial charge in [-0.3, -0.25) is 0 Å². The Labute approximate surface area is 142 Å².